The summed E-state index contributed by atoms with van der Waals surface area (Å²) in [6, 6.07) is 0. The summed E-state index contributed by atoms with van der Waals surface area (Å²) < 4.78 is 12.0. The van der Waals surface area contributed by atoms with E-state index in [9.17, 15) is 0 Å². The highest BCUT2D eigenvalue weighted by Gasteiger charge is 2.52. The highest BCUT2D eigenvalue weighted by molar-refractivity contribution is 7.10. The molecule has 0 unspecified atom stereocenters. The molecule has 100 valence electrons. The van der Waals surface area contributed by atoms with E-state index in [1.165, 1.54) is 5.01 Å². The fourth-order valence-electron chi connectivity index (χ4n) is 1.77. The SMILES string of the molecule is CC[C@H](C)c1nc(B2OC(C)(C)C(C)(C)O2)cs1. The normalized spacial score (nSPS) is 23.3. The van der Waals surface area contributed by atoms with E-state index in [-0.39, 0.29) is 18.3 Å². The summed E-state index contributed by atoms with van der Waals surface area (Å²) in [5.74, 6) is 0.506. The molecule has 0 aliphatic carbocycles. The molecule has 0 radical (unpaired) electrons. The van der Waals surface area contributed by atoms with Gasteiger partial charge in [0.05, 0.1) is 21.8 Å². The van der Waals surface area contributed by atoms with Crippen molar-refractivity contribution in [2.45, 2.75) is 65.1 Å². The number of aromatic nitrogens is 1. The Labute approximate surface area is 114 Å². The van der Waals surface area contributed by atoms with Crippen LogP contribution < -0.4 is 5.59 Å². The lowest BCUT2D eigenvalue weighted by Crippen LogP contribution is -2.41. The van der Waals surface area contributed by atoms with Crippen molar-refractivity contribution < 1.29 is 9.31 Å². The van der Waals surface area contributed by atoms with E-state index in [0.717, 1.165) is 12.0 Å². The number of hydrogen-bond donors (Lipinski definition) is 0. The van der Waals surface area contributed by atoms with Crippen molar-refractivity contribution in [1.82, 2.24) is 4.98 Å². The fourth-order valence-corrected chi connectivity index (χ4v) is 2.74. The molecule has 5 heteroatoms. The van der Waals surface area contributed by atoms with Crippen molar-refractivity contribution in [2.24, 2.45) is 0 Å². The van der Waals surface area contributed by atoms with Crippen molar-refractivity contribution in [2.75, 3.05) is 0 Å². The summed E-state index contributed by atoms with van der Waals surface area (Å²) in [5, 5.41) is 3.23. The molecule has 1 fully saturated rings. The summed E-state index contributed by atoms with van der Waals surface area (Å²) in [6.45, 7) is 12.6. The van der Waals surface area contributed by atoms with Crippen LogP contribution in [-0.4, -0.2) is 23.3 Å². The Hall–Kier alpha value is -0.385. The lowest BCUT2D eigenvalue weighted by Gasteiger charge is -2.32. The Morgan fingerprint density at radius 3 is 2.33 bits per heavy atom. The van der Waals surface area contributed by atoms with Gasteiger partial charge < -0.3 is 9.31 Å². The molecule has 0 N–H and O–H groups in total. The van der Waals surface area contributed by atoms with Crippen LogP contribution in [0.3, 0.4) is 0 Å². The molecule has 2 rings (SSSR count). The van der Waals surface area contributed by atoms with Crippen LogP contribution in [0.2, 0.25) is 0 Å². The van der Waals surface area contributed by atoms with Gasteiger partial charge in [0, 0.05) is 11.3 Å². The van der Waals surface area contributed by atoms with Gasteiger partial charge in [-0.2, -0.15) is 0 Å². The lowest BCUT2D eigenvalue weighted by atomic mass is 9.86. The maximum absolute atomic E-state index is 6.00. The van der Waals surface area contributed by atoms with Crippen molar-refractivity contribution in [1.29, 1.82) is 0 Å². The van der Waals surface area contributed by atoms with E-state index in [1.54, 1.807) is 11.3 Å². The van der Waals surface area contributed by atoms with Crippen molar-refractivity contribution in [3.05, 3.63) is 10.4 Å². The number of nitrogens with zero attached hydrogens (tertiary/aromatic N) is 1. The molecule has 0 amide bonds. The van der Waals surface area contributed by atoms with Crippen LogP contribution in [0.1, 0.15) is 58.9 Å². The minimum atomic E-state index is -0.330. The Bertz CT molecular complexity index is 414. The minimum Gasteiger partial charge on any atom is -0.398 e. The molecular formula is C13H22BNO2S. The highest BCUT2D eigenvalue weighted by Crippen LogP contribution is 2.36. The van der Waals surface area contributed by atoms with E-state index >= 15 is 0 Å². The average Bonchev–Trinajstić information content (AvgIpc) is 2.82. The van der Waals surface area contributed by atoms with Gasteiger partial charge in [-0.3, -0.25) is 0 Å². The quantitative estimate of drug-likeness (QED) is 0.789. The number of rotatable bonds is 3. The van der Waals surface area contributed by atoms with Gasteiger partial charge in [0.15, 0.2) is 0 Å². The van der Waals surface area contributed by atoms with Gasteiger partial charge in [-0.05, 0) is 34.1 Å². The zero-order valence-corrected chi connectivity index (χ0v) is 12.9. The largest absolute Gasteiger partial charge is 0.515 e. The van der Waals surface area contributed by atoms with Gasteiger partial charge in [-0.1, -0.05) is 13.8 Å². The second kappa shape index (κ2) is 4.62. The standard InChI is InChI=1S/C13H22BNO2S/c1-7-9(2)11-15-10(8-18-11)14-16-12(3,4)13(5,6)17-14/h8-9H,7H2,1-6H3/t9-/m0/s1. The van der Waals surface area contributed by atoms with E-state index in [1.807, 2.05) is 0 Å². The van der Waals surface area contributed by atoms with Crippen molar-refractivity contribution in [3.8, 4) is 0 Å². The molecule has 3 nitrogen and oxygen atoms in total. The third-order valence-electron chi connectivity index (χ3n) is 4.07. The smallest absolute Gasteiger partial charge is 0.398 e. The van der Waals surface area contributed by atoms with Crippen LogP contribution in [0.5, 0.6) is 0 Å². The van der Waals surface area contributed by atoms with Crippen molar-refractivity contribution in [3.63, 3.8) is 0 Å². The third-order valence-corrected chi connectivity index (χ3v) is 5.16. The van der Waals surface area contributed by atoms with E-state index in [2.05, 4.69) is 51.9 Å². The average molecular weight is 267 g/mol. The van der Waals surface area contributed by atoms with E-state index in [4.69, 9.17) is 9.31 Å². The Morgan fingerprint density at radius 2 is 1.83 bits per heavy atom. The van der Waals surface area contributed by atoms with Crippen LogP contribution in [0.4, 0.5) is 0 Å². The van der Waals surface area contributed by atoms with Crippen LogP contribution in [0, 0.1) is 0 Å². The molecule has 0 bridgehead atoms. The first kappa shape index (κ1) is 14.0. The molecule has 2 heterocycles. The highest BCUT2D eigenvalue weighted by atomic mass is 32.1. The zero-order chi connectivity index (χ0) is 13.6. The first-order chi connectivity index (χ1) is 8.27. The molecule has 1 aliphatic heterocycles. The van der Waals surface area contributed by atoms with Gasteiger partial charge in [0.1, 0.15) is 0 Å². The predicted octanol–water partition coefficient (Wildman–Crippen LogP) is 2.96. The second-order valence-corrected chi connectivity index (χ2v) is 6.90. The summed E-state index contributed by atoms with van der Waals surface area (Å²) in [4.78, 5) is 4.66. The molecule has 18 heavy (non-hydrogen) atoms. The molecule has 1 aliphatic rings. The molecular weight excluding hydrogens is 245 g/mol. The Morgan fingerprint density at radius 1 is 1.28 bits per heavy atom. The van der Waals surface area contributed by atoms with Crippen LogP contribution >= 0.6 is 11.3 Å². The zero-order valence-electron chi connectivity index (χ0n) is 12.1. The molecule has 0 spiro atoms. The molecule has 1 saturated heterocycles. The Balaban J connectivity index is 2.17. The number of hydrogen-bond acceptors (Lipinski definition) is 4. The Kier molecular flexibility index (Phi) is 3.60. The molecule has 1 aromatic rings. The third kappa shape index (κ3) is 2.36. The molecule has 1 atom stereocenters. The molecule has 0 aromatic carbocycles. The number of thiazole rings is 1. The van der Waals surface area contributed by atoms with Crippen molar-refractivity contribution >= 4 is 24.0 Å². The van der Waals surface area contributed by atoms with E-state index < -0.39 is 0 Å². The summed E-state index contributed by atoms with van der Waals surface area (Å²) >= 11 is 1.70. The topological polar surface area (TPSA) is 31.4 Å². The molecule has 1 aromatic heterocycles. The van der Waals surface area contributed by atoms with E-state index in [0.29, 0.717) is 5.92 Å². The first-order valence-corrected chi connectivity index (χ1v) is 7.46. The van der Waals surface area contributed by atoms with Crippen LogP contribution in [-0.2, 0) is 9.31 Å². The molecule has 0 saturated carbocycles. The van der Waals surface area contributed by atoms with Gasteiger partial charge in [0.25, 0.3) is 0 Å². The van der Waals surface area contributed by atoms with Crippen LogP contribution in [0.25, 0.3) is 0 Å². The first-order valence-electron chi connectivity index (χ1n) is 6.58. The predicted molar refractivity (Wildman–Crippen MR) is 76.5 cm³/mol. The summed E-state index contributed by atoms with van der Waals surface area (Å²) in [6.07, 6.45) is 1.11. The monoisotopic (exact) mass is 267 g/mol. The summed E-state index contributed by atoms with van der Waals surface area (Å²) in [5.41, 5.74) is 0.323. The van der Waals surface area contributed by atoms with Gasteiger partial charge in [-0.15, -0.1) is 11.3 Å². The second-order valence-electron chi connectivity index (χ2n) is 6.01. The van der Waals surface area contributed by atoms with Gasteiger partial charge in [-0.25, -0.2) is 4.98 Å². The maximum Gasteiger partial charge on any atom is 0.515 e. The maximum atomic E-state index is 6.00. The van der Waals surface area contributed by atoms with Gasteiger partial charge >= 0.3 is 7.12 Å². The summed E-state index contributed by atoms with van der Waals surface area (Å²) in [7, 11) is -0.330. The van der Waals surface area contributed by atoms with Crippen LogP contribution in [0.15, 0.2) is 5.38 Å². The fraction of sp³-hybridized carbons (Fsp3) is 0.769. The minimum absolute atomic E-state index is 0.294. The van der Waals surface area contributed by atoms with Gasteiger partial charge in [0.2, 0.25) is 0 Å². The lowest BCUT2D eigenvalue weighted by molar-refractivity contribution is 0.00578.